The summed E-state index contributed by atoms with van der Waals surface area (Å²) in [4.78, 5) is 35.3. The Bertz CT molecular complexity index is 1040. The summed E-state index contributed by atoms with van der Waals surface area (Å²) in [7, 11) is 1.46. The number of nitrogens with zero attached hydrogens (tertiary/aromatic N) is 1. The maximum Gasteiger partial charge on any atom is 0.472 e. The lowest BCUT2D eigenvalue weighted by Gasteiger charge is -2.24. The molecule has 0 aliphatic rings. The number of likely N-dealkylation sites (N-methyl/N-ethyl adjacent to an activating group) is 1. The highest BCUT2D eigenvalue weighted by Crippen LogP contribution is 2.43. The Hall–Kier alpha value is -1.77. The maximum absolute atomic E-state index is 12.7. The Kier molecular flexibility index (Phi) is 36.6. The molecule has 0 fully saturated rings. The molecule has 0 aliphatic heterocycles. The summed E-state index contributed by atoms with van der Waals surface area (Å²) in [5.74, 6) is -0.818. The number of hydrogen-bond donors (Lipinski definition) is 1. The van der Waals surface area contributed by atoms with Gasteiger partial charge in [-0.25, -0.2) is 4.57 Å². The fourth-order valence-electron chi connectivity index (χ4n) is 6.01. The summed E-state index contributed by atoms with van der Waals surface area (Å²) in [6.07, 6.45) is 41.9. The third-order valence-corrected chi connectivity index (χ3v) is 10.5. The molecule has 9 nitrogen and oxygen atoms in total. The van der Waals surface area contributed by atoms with E-state index < -0.39 is 26.5 Å². The molecule has 0 saturated heterocycles. The number of carbonyl (C=O) groups is 2. The van der Waals surface area contributed by atoms with Gasteiger partial charge in [0.2, 0.25) is 0 Å². The molecule has 0 spiro atoms. The van der Waals surface area contributed by atoms with Crippen LogP contribution in [0.4, 0.5) is 0 Å². The number of allylic oxidation sites excluding steroid dienone is 6. The third-order valence-electron chi connectivity index (χ3n) is 9.50. The van der Waals surface area contributed by atoms with Crippen molar-refractivity contribution in [3.63, 3.8) is 0 Å². The van der Waals surface area contributed by atoms with Crippen molar-refractivity contribution in [1.29, 1.82) is 0 Å². The fourth-order valence-corrected chi connectivity index (χ4v) is 6.76. The Morgan fingerprint density at radius 1 is 0.582 bits per heavy atom. The largest absolute Gasteiger partial charge is 0.472 e. The zero-order valence-electron chi connectivity index (χ0n) is 36.2. The molecule has 0 aliphatic carbocycles. The molecule has 0 radical (unpaired) electrons. The van der Waals surface area contributed by atoms with Gasteiger partial charge in [0.25, 0.3) is 0 Å². The quantitative estimate of drug-likeness (QED) is 0.0215. The average Bonchev–Trinajstić information content (AvgIpc) is 3.13. The molecular weight excluding hydrogens is 713 g/mol. The van der Waals surface area contributed by atoms with Crippen molar-refractivity contribution >= 4 is 19.8 Å². The number of phosphoric ester groups is 1. The zero-order chi connectivity index (χ0) is 40.7. The van der Waals surface area contributed by atoms with E-state index in [0.29, 0.717) is 17.4 Å². The second-order valence-corrected chi connectivity index (χ2v) is 17.6. The molecule has 0 heterocycles. The predicted molar refractivity (Wildman–Crippen MR) is 229 cm³/mol. The number of unbranched alkanes of at least 4 members (excludes halogenated alkanes) is 22. The van der Waals surface area contributed by atoms with Crippen LogP contribution in [-0.4, -0.2) is 74.9 Å². The minimum Gasteiger partial charge on any atom is -0.462 e. The van der Waals surface area contributed by atoms with Gasteiger partial charge in [0.05, 0.1) is 27.7 Å². The number of quaternary nitrogens is 1. The van der Waals surface area contributed by atoms with E-state index in [0.717, 1.165) is 57.8 Å². The molecule has 322 valence electrons. The lowest BCUT2D eigenvalue weighted by atomic mass is 10.0. The lowest BCUT2D eigenvalue weighted by molar-refractivity contribution is -0.870. The van der Waals surface area contributed by atoms with E-state index in [1.54, 1.807) is 0 Å². The van der Waals surface area contributed by atoms with E-state index in [9.17, 15) is 19.0 Å². The predicted octanol–water partition coefficient (Wildman–Crippen LogP) is 12.5. The number of phosphoric acid groups is 1. The SMILES string of the molecule is CC/C=C/C=C/C=C/CCCCCCCC(=O)OC(COC(=O)CCCCCCCCCCCCCCCCCCCC)COP(=O)(O)OCC[N+](C)(C)C. The summed E-state index contributed by atoms with van der Waals surface area (Å²) in [5.41, 5.74) is 0. The van der Waals surface area contributed by atoms with Gasteiger partial charge in [-0.05, 0) is 32.1 Å². The minimum absolute atomic E-state index is 0.0279. The fraction of sp³-hybridized carbons (Fsp3) is 0.822. The Morgan fingerprint density at radius 3 is 1.53 bits per heavy atom. The first kappa shape index (κ1) is 53.2. The number of rotatable bonds is 40. The van der Waals surface area contributed by atoms with E-state index in [-0.39, 0.29) is 32.0 Å². The van der Waals surface area contributed by atoms with Gasteiger partial charge in [-0.15, -0.1) is 0 Å². The van der Waals surface area contributed by atoms with Crippen LogP contribution in [0.5, 0.6) is 0 Å². The minimum atomic E-state index is -4.38. The number of esters is 2. The van der Waals surface area contributed by atoms with E-state index in [1.807, 2.05) is 33.3 Å². The normalized spacial score (nSPS) is 13.9. The first-order valence-corrected chi connectivity index (χ1v) is 23.7. The first-order chi connectivity index (χ1) is 26.5. The highest BCUT2D eigenvalue weighted by atomic mass is 31.2. The monoisotopic (exact) mass is 799 g/mol. The van der Waals surface area contributed by atoms with Crippen LogP contribution in [0.15, 0.2) is 36.5 Å². The van der Waals surface area contributed by atoms with Gasteiger partial charge in [-0.2, -0.15) is 0 Å². The topological polar surface area (TPSA) is 108 Å². The van der Waals surface area contributed by atoms with Gasteiger partial charge in [0.1, 0.15) is 19.8 Å². The van der Waals surface area contributed by atoms with Crippen molar-refractivity contribution < 1.29 is 42.1 Å². The molecule has 0 aromatic heterocycles. The standard InChI is InChI=1S/C45H84NO8P/c1-6-8-10-12-14-16-18-20-21-22-23-24-26-27-29-31-33-35-37-44(47)51-41-43(42-53-55(49,50)52-40-39-46(3,4)5)54-45(48)38-36-34-32-30-28-25-19-17-15-13-11-9-7-2/h9,11,13,15,17,19,43H,6-8,10,12,14,16,18,20-42H2,1-5H3/p+1/b11-9+,15-13+,19-17+. The molecule has 0 bridgehead atoms. The summed E-state index contributed by atoms with van der Waals surface area (Å²) >= 11 is 0. The average molecular weight is 799 g/mol. The zero-order valence-corrected chi connectivity index (χ0v) is 37.1. The highest BCUT2D eigenvalue weighted by molar-refractivity contribution is 7.47. The van der Waals surface area contributed by atoms with Gasteiger partial charge < -0.3 is 18.9 Å². The second kappa shape index (κ2) is 37.8. The van der Waals surface area contributed by atoms with Crippen LogP contribution < -0.4 is 0 Å². The third kappa shape index (κ3) is 41.7. The van der Waals surface area contributed by atoms with E-state index in [1.165, 1.54) is 96.3 Å². The number of carbonyl (C=O) groups excluding carboxylic acids is 2. The van der Waals surface area contributed by atoms with Gasteiger partial charge >= 0.3 is 19.8 Å². The molecule has 0 aromatic rings. The summed E-state index contributed by atoms with van der Waals surface area (Å²) in [6.45, 7) is 4.28. The summed E-state index contributed by atoms with van der Waals surface area (Å²) in [5, 5.41) is 0. The van der Waals surface area contributed by atoms with Crippen molar-refractivity contribution in [3.8, 4) is 0 Å². The number of hydrogen-bond acceptors (Lipinski definition) is 7. The Labute approximate surface area is 338 Å². The smallest absolute Gasteiger partial charge is 0.462 e. The van der Waals surface area contributed by atoms with Gasteiger partial charge in [0, 0.05) is 12.8 Å². The van der Waals surface area contributed by atoms with E-state index in [4.69, 9.17) is 18.5 Å². The van der Waals surface area contributed by atoms with Crippen molar-refractivity contribution in [2.45, 2.75) is 193 Å². The molecule has 2 atom stereocenters. The van der Waals surface area contributed by atoms with Crippen LogP contribution in [0.1, 0.15) is 187 Å². The maximum atomic E-state index is 12.7. The van der Waals surface area contributed by atoms with Gasteiger partial charge in [-0.3, -0.25) is 18.6 Å². The van der Waals surface area contributed by atoms with Crippen molar-refractivity contribution in [2.75, 3.05) is 47.5 Å². The van der Waals surface area contributed by atoms with Crippen molar-refractivity contribution in [1.82, 2.24) is 0 Å². The molecule has 10 heteroatoms. The van der Waals surface area contributed by atoms with E-state index >= 15 is 0 Å². The second-order valence-electron chi connectivity index (χ2n) is 16.1. The lowest BCUT2D eigenvalue weighted by Crippen LogP contribution is -2.37. The summed E-state index contributed by atoms with van der Waals surface area (Å²) in [6, 6.07) is 0. The van der Waals surface area contributed by atoms with Crippen molar-refractivity contribution in [3.05, 3.63) is 36.5 Å². The number of ether oxygens (including phenoxy) is 2. The Morgan fingerprint density at radius 2 is 1.04 bits per heavy atom. The van der Waals surface area contributed by atoms with Crippen LogP contribution in [0.3, 0.4) is 0 Å². The van der Waals surface area contributed by atoms with Crippen LogP contribution in [0.2, 0.25) is 0 Å². The van der Waals surface area contributed by atoms with Crippen molar-refractivity contribution in [2.24, 2.45) is 0 Å². The Balaban J connectivity index is 4.31. The molecule has 1 N–H and O–H groups in total. The van der Waals surface area contributed by atoms with Crippen LogP contribution >= 0.6 is 7.82 Å². The van der Waals surface area contributed by atoms with Crippen LogP contribution in [0, 0.1) is 0 Å². The van der Waals surface area contributed by atoms with Gasteiger partial charge in [-0.1, -0.05) is 179 Å². The molecule has 0 aromatic carbocycles. The van der Waals surface area contributed by atoms with Gasteiger partial charge in [0.15, 0.2) is 6.10 Å². The highest BCUT2D eigenvalue weighted by Gasteiger charge is 2.27. The molecule has 0 rings (SSSR count). The van der Waals surface area contributed by atoms with Crippen LogP contribution in [-0.2, 0) is 32.7 Å². The first-order valence-electron chi connectivity index (χ1n) is 22.2. The molecule has 2 unspecified atom stereocenters. The van der Waals surface area contributed by atoms with Crippen LogP contribution in [0.25, 0.3) is 0 Å². The van der Waals surface area contributed by atoms with E-state index in [2.05, 4.69) is 38.2 Å². The summed E-state index contributed by atoms with van der Waals surface area (Å²) < 4.78 is 34.3. The molecular formula is C45H85NO8P+. The molecule has 55 heavy (non-hydrogen) atoms. The molecule has 0 amide bonds. The molecule has 0 saturated carbocycles.